The Bertz CT molecular complexity index is 388. The monoisotopic (exact) mass is 299 g/mol. The van der Waals surface area contributed by atoms with Crippen molar-refractivity contribution < 1.29 is 22.3 Å². The first-order valence-electron chi connectivity index (χ1n) is 6.04. The van der Waals surface area contributed by atoms with Gasteiger partial charge >= 0.3 is 6.18 Å². The Balaban J connectivity index is 2.12. The third-order valence-corrected chi connectivity index (χ3v) is 3.45. The van der Waals surface area contributed by atoms with Crippen LogP contribution in [0.1, 0.15) is 12.8 Å². The highest BCUT2D eigenvalue weighted by atomic mass is 35.5. The quantitative estimate of drug-likeness (QED) is 0.625. The highest BCUT2D eigenvalue weighted by Gasteiger charge is 2.39. The van der Waals surface area contributed by atoms with Gasteiger partial charge in [0, 0.05) is 0 Å². The molecule has 0 bridgehead atoms. The maximum Gasteiger partial charge on any atom is 0.416 e. The second-order valence-electron chi connectivity index (χ2n) is 4.58. The van der Waals surface area contributed by atoms with Crippen LogP contribution in [0.4, 0.5) is 17.6 Å². The first-order valence-corrected chi connectivity index (χ1v) is 6.47. The van der Waals surface area contributed by atoms with E-state index in [0.717, 1.165) is 0 Å². The van der Waals surface area contributed by atoms with E-state index in [4.69, 9.17) is 16.3 Å². The molecule has 1 fully saturated rings. The maximum absolute atomic E-state index is 13.8. The van der Waals surface area contributed by atoms with Crippen molar-refractivity contribution >= 4 is 11.6 Å². The molecule has 0 aromatic carbocycles. The summed E-state index contributed by atoms with van der Waals surface area (Å²) in [5.41, 5.74) is -0.953. The molecule has 0 saturated carbocycles. The normalized spacial score (nSPS) is 29.7. The van der Waals surface area contributed by atoms with Crippen molar-refractivity contribution in [1.29, 1.82) is 0 Å². The summed E-state index contributed by atoms with van der Waals surface area (Å²) in [7, 11) is 0. The SMILES string of the molecule is FC1C(OC2CCNCC2)=CC(C(F)(F)F)=CC1Cl. The van der Waals surface area contributed by atoms with E-state index in [1.807, 2.05) is 0 Å². The van der Waals surface area contributed by atoms with Crippen LogP contribution in [0, 0.1) is 0 Å². The van der Waals surface area contributed by atoms with Gasteiger partial charge in [0.1, 0.15) is 11.9 Å². The molecule has 1 aliphatic carbocycles. The van der Waals surface area contributed by atoms with E-state index in [-0.39, 0.29) is 11.9 Å². The molecule has 0 aromatic rings. The second-order valence-corrected chi connectivity index (χ2v) is 5.08. The minimum Gasteiger partial charge on any atom is -0.491 e. The number of allylic oxidation sites excluding steroid dienone is 4. The van der Waals surface area contributed by atoms with E-state index in [2.05, 4.69) is 5.32 Å². The van der Waals surface area contributed by atoms with E-state index in [0.29, 0.717) is 38.1 Å². The van der Waals surface area contributed by atoms with Crippen LogP contribution in [0.15, 0.2) is 23.5 Å². The van der Waals surface area contributed by atoms with Crippen LogP contribution in [0.3, 0.4) is 0 Å². The molecule has 7 heteroatoms. The zero-order valence-corrected chi connectivity index (χ0v) is 10.8. The lowest BCUT2D eigenvalue weighted by atomic mass is 10.0. The van der Waals surface area contributed by atoms with Crippen molar-refractivity contribution in [2.24, 2.45) is 0 Å². The van der Waals surface area contributed by atoms with Crippen LogP contribution in [-0.2, 0) is 4.74 Å². The Morgan fingerprint density at radius 1 is 1.26 bits per heavy atom. The molecule has 1 N–H and O–H groups in total. The average molecular weight is 300 g/mol. The molecule has 2 aliphatic rings. The van der Waals surface area contributed by atoms with Crippen LogP contribution >= 0.6 is 11.6 Å². The predicted molar refractivity (Wildman–Crippen MR) is 63.7 cm³/mol. The summed E-state index contributed by atoms with van der Waals surface area (Å²) in [5.74, 6) is -0.318. The van der Waals surface area contributed by atoms with Gasteiger partial charge in [0.15, 0.2) is 6.17 Å². The summed E-state index contributed by atoms with van der Waals surface area (Å²) in [4.78, 5) is 0. The smallest absolute Gasteiger partial charge is 0.416 e. The lowest BCUT2D eigenvalue weighted by molar-refractivity contribution is -0.0896. The summed E-state index contributed by atoms with van der Waals surface area (Å²) in [5, 5.41) is 1.75. The van der Waals surface area contributed by atoms with Crippen LogP contribution < -0.4 is 5.32 Å². The molecule has 2 unspecified atom stereocenters. The average Bonchev–Trinajstić information content (AvgIpc) is 2.34. The fourth-order valence-electron chi connectivity index (χ4n) is 2.08. The van der Waals surface area contributed by atoms with Gasteiger partial charge in [0.05, 0.1) is 11.0 Å². The molecule has 2 nitrogen and oxygen atoms in total. The van der Waals surface area contributed by atoms with Crippen LogP contribution in [0.5, 0.6) is 0 Å². The molecular weight excluding hydrogens is 286 g/mol. The number of piperidine rings is 1. The fourth-order valence-corrected chi connectivity index (χ4v) is 2.33. The summed E-state index contributed by atoms with van der Waals surface area (Å²) in [6, 6.07) is 0. The second kappa shape index (κ2) is 5.71. The van der Waals surface area contributed by atoms with Gasteiger partial charge in [-0.25, -0.2) is 4.39 Å². The zero-order valence-electron chi connectivity index (χ0n) is 10.0. The predicted octanol–water partition coefficient (Wildman–Crippen LogP) is 3.09. The van der Waals surface area contributed by atoms with Gasteiger partial charge in [-0.3, -0.25) is 0 Å². The lowest BCUT2D eigenvalue weighted by Gasteiger charge is -2.29. The molecule has 0 aromatic heterocycles. The van der Waals surface area contributed by atoms with E-state index in [9.17, 15) is 17.6 Å². The largest absolute Gasteiger partial charge is 0.491 e. The molecule has 0 spiro atoms. The topological polar surface area (TPSA) is 21.3 Å². The van der Waals surface area contributed by atoms with Crippen LogP contribution in [-0.4, -0.2) is 36.9 Å². The first kappa shape index (κ1) is 14.7. The minimum absolute atomic E-state index is 0.262. The molecule has 1 heterocycles. The molecule has 1 saturated heterocycles. The molecule has 19 heavy (non-hydrogen) atoms. The van der Waals surface area contributed by atoms with Crippen LogP contribution in [0.2, 0.25) is 0 Å². The van der Waals surface area contributed by atoms with E-state index < -0.39 is 23.3 Å². The van der Waals surface area contributed by atoms with Crippen molar-refractivity contribution in [3.8, 4) is 0 Å². The van der Waals surface area contributed by atoms with Gasteiger partial charge in [-0.1, -0.05) is 6.08 Å². The number of hydrogen-bond donors (Lipinski definition) is 1. The maximum atomic E-state index is 13.8. The Morgan fingerprint density at radius 2 is 1.89 bits per heavy atom. The number of ether oxygens (including phenoxy) is 1. The van der Waals surface area contributed by atoms with E-state index in [1.54, 1.807) is 0 Å². The van der Waals surface area contributed by atoms with Gasteiger partial charge in [0.2, 0.25) is 0 Å². The van der Waals surface area contributed by atoms with Gasteiger partial charge in [-0.15, -0.1) is 11.6 Å². The number of alkyl halides is 5. The Morgan fingerprint density at radius 3 is 2.47 bits per heavy atom. The van der Waals surface area contributed by atoms with E-state index >= 15 is 0 Å². The van der Waals surface area contributed by atoms with Crippen molar-refractivity contribution in [2.75, 3.05) is 13.1 Å². The minimum atomic E-state index is -4.55. The van der Waals surface area contributed by atoms with Crippen molar-refractivity contribution in [3.05, 3.63) is 23.5 Å². The van der Waals surface area contributed by atoms with Gasteiger partial charge < -0.3 is 10.1 Å². The summed E-state index contributed by atoms with van der Waals surface area (Å²) in [6.07, 6.45) is -3.86. The summed E-state index contributed by atoms with van der Waals surface area (Å²) < 4.78 is 57.1. The highest BCUT2D eigenvalue weighted by Crippen LogP contribution is 2.35. The number of hydrogen-bond acceptors (Lipinski definition) is 2. The molecule has 108 valence electrons. The summed E-state index contributed by atoms with van der Waals surface area (Å²) in [6.45, 7) is 1.42. The zero-order chi connectivity index (χ0) is 14.0. The van der Waals surface area contributed by atoms with Crippen molar-refractivity contribution in [1.82, 2.24) is 5.32 Å². The van der Waals surface area contributed by atoms with Gasteiger partial charge in [-0.2, -0.15) is 13.2 Å². The third-order valence-electron chi connectivity index (χ3n) is 3.10. The third kappa shape index (κ3) is 3.63. The molecule has 0 amide bonds. The van der Waals surface area contributed by atoms with Crippen LogP contribution in [0.25, 0.3) is 0 Å². The van der Waals surface area contributed by atoms with Crippen molar-refractivity contribution in [2.45, 2.75) is 36.7 Å². The Kier molecular flexibility index (Phi) is 4.40. The fraction of sp³-hybridized carbons (Fsp3) is 0.667. The Hall–Kier alpha value is -0.750. The first-order chi connectivity index (χ1) is 8.88. The lowest BCUT2D eigenvalue weighted by Crippen LogP contribution is -2.35. The molecule has 2 atom stereocenters. The Labute approximate surface area is 113 Å². The molecular formula is C12H14ClF4NO. The van der Waals surface area contributed by atoms with Crippen molar-refractivity contribution in [3.63, 3.8) is 0 Å². The molecule has 0 radical (unpaired) electrons. The van der Waals surface area contributed by atoms with Gasteiger partial charge in [-0.05, 0) is 32.0 Å². The standard InChI is InChI=1S/C12H14ClF4NO/c13-9-5-7(12(15,16)17)6-10(11(9)14)19-8-1-3-18-4-2-8/h5-6,8-9,11,18H,1-4H2. The van der Waals surface area contributed by atoms with Gasteiger partial charge in [0.25, 0.3) is 0 Å². The number of halogens is 5. The molecule has 1 aliphatic heterocycles. The summed E-state index contributed by atoms with van der Waals surface area (Å²) >= 11 is 5.60. The molecule has 2 rings (SSSR count). The highest BCUT2D eigenvalue weighted by molar-refractivity contribution is 6.22. The number of rotatable bonds is 2. The van der Waals surface area contributed by atoms with E-state index in [1.165, 1.54) is 0 Å². The number of nitrogens with one attached hydrogen (secondary N) is 1.